The highest BCUT2D eigenvalue weighted by Gasteiger charge is 2.31. The molecule has 1 aliphatic heterocycles. The van der Waals surface area contributed by atoms with Crippen LogP contribution in [0.4, 0.5) is 0 Å². The maximum atomic E-state index is 13.0. The largest absolute Gasteiger partial charge is 0.383 e. The lowest BCUT2D eigenvalue weighted by atomic mass is 9.95. The lowest BCUT2D eigenvalue weighted by Gasteiger charge is -2.38. The number of carbonyl (C=O) groups is 1. The molecule has 2 aliphatic rings. The first-order valence-electron chi connectivity index (χ1n) is 10.6. The summed E-state index contributed by atoms with van der Waals surface area (Å²) in [6, 6.07) is 11.2. The van der Waals surface area contributed by atoms with E-state index < -0.39 is 0 Å². The summed E-state index contributed by atoms with van der Waals surface area (Å²) in [5.74, 6) is 0.505. The van der Waals surface area contributed by atoms with Crippen molar-refractivity contribution < 1.29 is 9.53 Å². The van der Waals surface area contributed by atoms with E-state index in [0.717, 1.165) is 32.5 Å². The predicted octanol–water partition coefficient (Wildman–Crippen LogP) is 2.44. The topological polar surface area (TPSA) is 58.6 Å². The summed E-state index contributed by atoms with van der Waals surface area (Å²) in [4.78, 5) is 17.6. The highest BCUT2D eigenvalue weighted by molar-refractivity contribution is 5.93. The van der Waals surface area contributed by atoms with Crippen LogP contribution < -0.4 is 0 Å². The standard InChI is InChI=1S/C23H30N4O2/c1-29-12-11-27(23(28)21-8-9-24-25-15-21)17-18-5-4-10-26(16-18)22-13-19-6-2-3-7-20(19)14-22/h2-3,6-9,15,18,22H,4-5,10-14,16-17H2,1H3/t18-/m1/s1. The maximum Gasteiger partial charge on any atom is 0.255 e. The number of rotatable bonds is 7. The minimum absolute atomic E-state index is 0.0161. The predicted molar refractivity (Wildman–Crippen MR) is 112 cm³/mol. The SMILES string of the molecule is COCCN(C[C@@H]1CCCN(C2Cc3ccccc3C2)C1)C(=O)c1ccnnc1. The van der Waals surface area contributed by atoms with Crippen molar-refractivity contribution in [3.05, 3.63) is 59.4 Å². The van der Waals surface area contributed by atoms with Crippen LogP contribution in [0.1, 0.15) is 34.3 Å². The second-order valence-corrected chi connectivity index (χ2v) is 8.21. The van der Waals surface area contributed by atoms with Crippen molar-refractivity contribution in [2.75, 3.05) is 39.9 Å². The monoisotopic (exact) mass is 394 g/mol. The van der Waals surface area contributed by atoms with Crippen LogP contribution in [-0.4, -0.2) is 71.8 Å². The number of piperidine rings is 1. The average Bonchev–Trinajstić information content (AvgIpc) is 3.21. The zero-order valence-electron chi connectivity index (χ0n) is 17.2. The van der Waals surface area contributed by atoms with Crippen LogP contribution in [0.5, 0.6) is 0 Å². The van der Waals surface area contributed by atoms with E-state index in [9.17, 15) is 4.79 Å². The summed E-state index contributed by atoms with van der Waals surface area (Å²) < 4.78 is 5.25. The number of hydrogen-bond acceptors (Lipinski definition) is 5. The van der Waals surface area contributed by atoms with Gasteiger partial charge in [-0.25, -0.2) is 0 Å². The van der Waals surface area contributed by atoms with E-state index in [1.807, 2.05) is 4.90 Å². The molecule has 29 heavy (non-hydrogen) atoms. The van der Waals surface area contributed by atoms with Gasteiger partial charge in [-0.2, -0.15) is 10.2 Å². The molecule has 1 aliphatic carbocycles. The van der Waals surface area contributed by atoms with Gasteiger partial charge in [-0.05, 0) is 55.3 Å². The van der Waals surface area contributed by atoms with Crippen molar-refractivity contribution in [2.24, 2.45) is 5.92 Å². The summed E-state index contributed by atoms with van der Waals surface area (Å²) in [6.45, 7) is 4.13. The van der Waals surface area contributed by atoms with E-state index in [0.29, 0.717) is 30.7 Å². The molecule has 154 valence electrons. The van der Waals surface area contributed by atoms with Gasteiger partial charge in [0.25, 0.3) is 5.91 Å². The van der Waals surface area contributed by atoms with Crippen LogP contribution in [0, 0.1) is 5.92 Å². The van der Waals surface area contributed by atoms with E-state index >= 15 is 0 Å². The van der Waals surface area contributed by atoms with Gasteiger partial charge < -0.3 is 9.64 Å². The molecule has 0 bridgehead atoms. The average molecular weight is 395 g/mol. The molecule has 0 spiro atoms. The van der Waals surface area contributed by atoms with Gasteiger partial charge in [0.1, 0.15) is 0 Å². The summed E-state index contributed by atoms with van der Waals surface area (Å²) in [5.41, 5.74) is 3.60. The maximum absolute atomic E-state index is 13.0. The van der Waals surface area contributed by atoms with E-state index in [1.54, 1.807) is 25.6 Å². The third-order valence-corrected chi connectivity index (χ3v) is 6.26. The number of benzene rings is 1. The first-order chi connectivity index (χ1) is 14.2. The van der Waals surface area contributed by atoms with Gasteiger partial charge in [-0.15, -0.1) is 0 Å². The highest BCUT2D eigenvalue weighted by atomic mass is 16.5. The number of nitrogens with zero attached hydrogens (tertiary/aromatic N) is 4. The van der Waals surface area contributed by atoms with Gasteiger partial charge in [0.05, 0.1) is 24.6 Å². The van der Waals surface area contributed by atoms with Crippen molar-refractivity contribution in [3.63, 3.8) is 0 Å². The Morgan fingerprint density at radius 3 is 2.69 bits per heavy atom. The molecule has 0 N–H and O–H groups in total. The van der Waals surface area contributed by atoms with Gasteiger partial charge in [0, 0.05) is 32.8 Å². The van der Waals surface area contributed by atoms with Crippen molar-refractivity contribution >= 4 is 5.91 Å². The summed E-state index contributed by atoms with van der Waals surface area (Å²) in [7, 11) is 1.68. The number of hydrogen-bond donors (Lipinski definition) is 0. The molecule has 1 aromatic carbocycles. The number of fused-ring (bicyclic) bond motifs is 1. The molecule has 0 radical (unpaired) electrons. The Morgan fingerprint density at radius 1 is 1.21 bits per heavy atom. The van der Waals surface area contributed by atoms with Gasteiger partial charge in [-0.1, -0.05) is 24.3 Å². The van der Waals surface area contributed by atoms with Crippen LogP contribution in [-0.2, 0) is 17.6 Å². The van der Waals surface area contributed by atoms with Crippen molar-refractivity contribution in [2.45, 2.75) is 31.7 Å². The lowest BCUT2D eigenvalue weighted by molar-refractivity contribution is 0.0573. The summed E-state index contributed by atoms with van der Waals surface area (Å²) in [5, 5.41) is 7.65. The lowest BCUT2D eigenvalue weighted by Crippen LogP contribution is -2.47. The molecule has 2 aromatic rings. The minimum atomic E-state index is 0.0161. The van der Waals surface area contributed by atoms with Gasteiger partial charge in [-0.3, -0.25) is 9.69 Å². The third kappa shape index (κ3) is 4.82. The third-order valence-electron chi connectivity index (χ3n) is 6.26. The fourth-order valence-corrected chi connectivity index (χ4v) is 4.76. The minimum Gasteiger partial charge on any atom is -0.383 e. The fraction of sp³-hybridized carbons (Fsp3) is 0.522. The van der Waals surface area contributed by atoms with Crippen LogP contribution in [0.2, 0.25) is 0 Å². The molecular formula is C23H30N4O2. The Labute approximate surface area is 172 Å². The van der Waals surface area contributed by atoms with Gasteiger partial charge in [0.2, 0.25) is 0 Å². The van der Waals surface area contributed by atoms with Crippen LogP contribution >= 0.6 is 0 Å². The second-order valence-electron chi connectivity index (χ2n) is 8.21. The van der Waals surface area contributed by atoms with Crippen molar-refractivity contribution in [3.8, 4) is 0 Å². The second kappa shape index (κ2) is 9.46. The Kier molecular flexibility index (Phi) is 6.52. The molecule has 0 saturated carbocycles. The molecule has 4 rings (SSSR count). The van der Waals surface area contributed by atoms with E-state index in [2.05, 4.69) is 39.4 Å². The Balaban J connectivity index is 1.39. The Bertz CT molecular complexity index is 789. The molecule has 1 saturated heterocycles. The normalized spacial score (nSPS) is 19.8. The number of methoxy groups -OCH3 is 1. The fourth-order valence-electron chi connectivity index (χ4n) is 4.76. The summed E-state index contributed by atoms with van der Waals surface area (Å²) in [6.07, 6.45) is 7.78. The smallest absolute Gasteiger partial charge is 0.255 e. The van der Waals surface area contributed by atoms with Gasteiger partial charge >= 0.3 is 0 Å². The molecular weight excluding hydrogens is 364 g/mol. The van der Waals surface area contributed by atoms with Crippen LogP contribution in [0.3, 0.4) is 0 Å². The molecule has 6 nitrogen and oxygen atoms in total. The molecule has 2 heterocycles. The van der Waals surface area contributed by atoms with E-state index in [1.165, 1.54) is 24.0 Å². The zero-order valence-corrected chi connectivity index (χ0v) is 17.2. The number of ether oxygens (including phenoxy) is 1. The summed E-state index contributed by atoms with van der Waals surface area (Å²) >= 11 is 0. The highest BCUT2D eigenvalue weighted by Crippen LogP contribution is 2.29. The van der Waals surface area contributed by atoms with Crippen LogP contribution in [0.25, 0.3) is 0 Å². The Hall–Kier alpha value is -2.31. The Morgan fingerprint density at radius 2 is 2.00 bits per heavy atom. The molecule has 1 atom stereocenters. The molecule has 6 heteroatoms. The van der Waals surface area contributed by atoms with Gasteiger partial charge in [0.15, 0.2) is 0 Å². The molecule has 1 aromatic heterocycles. The first kappa shape index (κ1) is 20.0. The number of aromatic nitrogens is 2. The number of amides is 1. The van der Waals surface area contributed by atoms with Crippen LogP contribution in [0.15, 0.2) is 42.7 Å². The first-order valence-corrected chi connectivity index (χ1v) is 10.6. The zero-order chi connectivity index (χ0) is 20.1. The quantitative estimate of drug-likeness (QED) is 0.722. The van der Waals surface area contributed by atoms with Crippen molar-refractivity contribution in [1.29, 1.82) is 0 Å². The number of likely N-dealkylation sites (tertiary alicyclic amines) is 1. The molecule has 1 fully saturated rings. The van der Waals surface area contributed by atoms with E-state index in [4.69, 9.17) is 4.74 Å². The molecule has 0 unspecified atom stereocenters. The van der Waals surface area contributed by atoms with Crippen molar-refractivity contribution in [1.82, 2.24) is 20.0 Å². The number of carbonyl (C=O) groups excluding carboxylic acids is 1. The molecule has 1 amide bonds. The van der Waals surface area contributed by atoms with E-state index in [-0.39, 0.29) is 5.91 Å².